The first-order valence-corrected chi connectivity index (χ1v) is 4.00. The average Bonchev–Trinajstić information content (AvgIpc) is 2.05. The minimum atomic E-state index is 0.0127. The molecule has 0 unspecified atom stereocenters. The fourth-order valence-electron chi connectivity index (χ4n) is 0.733. The lowest BCUT2D eigenvalue weighted by molar-refractivity contribution is -0.125. The molecule has 1 amide bonds. The summed E-state index contributed by atoms with van der Waals surface area (Å²) in [6.45, 7) is 10.3. The lowest BCUT2D eigenvalue weighted by atomic mass is 10.4. The van der Waals surface area contributed by atoms with Gasteiger partial charge in [-0.1, -0.05) is 19.1 Å². The first-order valence-electron chi connectivity index (χ1n) is 4.00. The number of nitrogens with one attached hydrogen (secondary N) is 1. The first kappa shape index (κ1) is 10.9. The molecule has 0 radical (unpaired) electrons. The van der Waals surface area contributed by atoms with E-state index in [2.05, 4.69) is 18.6 Å². The molecule has 3 nitrogen and oxygen atoms in total. The molecule has 0 aliphatic rings. The molecule has 0 saturated heterocycles. The Bertz CT molecular complexity index is 156. The van der Waals surface area contributed by atoms with Crippen LogP contribution in [0.4, 0.5) is 0 Å². The van der Waals surface area contributed by atoms with Crippen molar-refractivity contribution >= 4 is 5.91 Å². The van der Waals surface area contributed by atoms with Crippen LogP contribution in [-0.4, -0.2) is 24.0 Å². The normalized spacial score (nSPS) is 9.50. The van der Waals surface area contributed by atoms with Gasteiger partial charge in [0, 0.05) is 19.5 Å². The van der Waals surface area contributed by atoms with Crippen molar-refractivity contribution in [1.29, 1.82) is 0 Å². The van der Waals surface area contributed by atoms with Crippen molar-refractivity contribution in [3.05, 3.63) is 25.3 Å². The highest BCUT2D eigenvalue weighted by molar-refractivity contribution is 5.74. The molecule has 0 heterocycles. The van der Waals surface area contributed by atoms with E-state index in [1.807, 2.05) is 6.92 Å². The van der Waals surface area contributed by atoms with E-state index >= 15 is 0 Å². The van der Waals surface area contributed by atoms with Crippen molar-refractivity contribution in [3.63, 3.8) is 0 Å². The number of hydrazine groups is 1. The van der Waals surface area contributed by atoms with Crippen LogP contribution < -0.4 is 5.43 Å². The van der Waals surface area contributed by atoms with E-state index in [9.17, 15) is 4.79 Å². The standard InChI is InChI=1S/C9H16N2O/c1-4-7-11(8-5-2)10-9(12)6-3/h4-5H,1-2,6-8H2,3H3,(H,10,12). The maximum absolute atomic E-state index is 11.0. The van der Waals surface area contributed by atoms with Gasteiger partial charge in [-0.3, -0.25) is 10.2 Å². The second-order valence-electron chi connectivity index (χ2n) is 2.37. The Morgan fingerprint density at radius 2 is 1.92 bits per heavy atom. The predicted molar refractivity (Wildman–Crippen MR) is 50.4 cm³/mol. The van der Waals surface area contributed by atoms with Gasteiger partial charge >= 0.3 is 0 Å². The Kier molecular flexibility index (Phi) is 6.01. The number of carbonyl (C=O) groups is 1. The van der Waals surface area contributed by atoms with E-state index in [0.29, 0.717) is 19.5 Å². The Morgan fingerprint density at radius 3 is 2.25 bits per heavy atom. The fourth-order valence-corrected chi connectivity index (χ4v) is 0.733. The Hall–Kier alpha value is -1.09. The van der Waals surface area contributed by atoms with Gasteiger partial charge in [0.1, 0.15) is 0 Å². The second-order valence-corrected chi connectivity index (χ2v) is 2.37. The number of rotatable bonds is 6. The molecular weight excluding hydrogens is 152 g/mol. The lowest BCUT2D eigenvalue weighted by Crippen LogP contribution is -2.41. The van der Waals surface area contributed by atoms with Gasteiger partial charge in [-0.15, -0.1) is 13.2 Å². The van der Waals surface area contributed by atoms with Crippen LogP contribution in [-0.2, 0) is 4.79 Å². The molecule has 0 atom stereocenters. The number of hydrogen-bond donors (Lipinski definition) is 1. The quantitative estimate of drug-likeness (QED) is 0.476. The van der Waals surface area contributed by atoms with Crippen molar-refractivity contribution in [3.8, 4) is 0 Å². The summed E-state index contributed by atoms with van der Waals surface area (Å²) >= 11 is 0. The number of nitrogens with zero attached hydrogens (tertiary/aromatic N) is 1. The highest BCUT2D eigenvalue weighted by atomic mass is 16.2. The monoisotopic (exact) mass is 168 g/mol. The van der Waals surface area contributed by atoms with E-state index in [4.69, 9.17) is 0 Å². The van der Waals surface area contributed by atoms with Gasteiger partial charge in [-0.25, -0.2) is 5.01 Å². The lowest BCUT2D eigenvalue weighted by Gasteiger charge is -2.19. The molecule has 0 fully saturated rings. The summed E-state index contributed by atoms with van der Waals surface area (Å²) in [5.74, 6) is 0.0127. The average molecular weight is 168 g/mol. The van der Waals surface area contributed by atoms with Crippen LogP contribution in [0.15, 0.2) is 25.3 Å². The summed E-state index contributed by atoms with van der Waals surface area (Å²) in [5, 5.41) is 1.76. The molecule has 0 bridgehead atoms. The molecule has 0 aliphatic carbocycles. The van der Waals surface area contributed by atoms with E-state index < -0.39 is 0 Å². The zero-order valence-electron chi connectivity index (χ0n) is 7.55. The molecular formula is C9H16N2O. The fraction of sp³-hybridized carbons (Fsp3) is 0.444. The predicted octanol–water partition coefficient (Wildman–Crippen LogP) is 1.10. The second kappa shape index (κ2) is 6.61. The van der Waals surface area contributed by atoms with E-state index in [1.165, 1.54) is 0 Å². The van der Waals surface area contributed by atoms with E-state index in [1.54, 1.807) is 17.2 Å². The van der Waals surface area contributed by atoms with E-state index in [0.717, 1.165) is 0 Å². The summed E-state index contributed by atoms with van der Waals surface area (Å²) in [4.78, 5) is 11.0. The van der Waals surface area contributed by atoms with Gasteiger partial charge in [0.05, 0.1) is 0 Å². The van der Waals surface area contributed by atoms with Crippen LogP contribution in [0.1, 0.15) is 13.3 Å². The van der Waals surface area contributed by atoms with Crippen molar-refractivity contribution in [1.82, 2.24) is 10.4 Å². The highest BCUT2D eigenvalue weighted by Crippen LogP contribution is 1.85. The zero-order chi connectivity index (χ0) is 9.40. The highest BCUT2D eigenvalue weighted by Gasteiger charge is 2.02. The molecule has 0 spiro atoms. The van der Waals surface area contributed by atoms with Gasteiger partial charge in [0.25, 0.3) is 0 Å². The summed E-state index contributed by atoms with van der Waals surface area (Å²) in [5.41, 5.74) is 2.72. The number of hydrogen-bond acceptors (Lipinski definition) is 2. The maximum atomic E-state index is 11.0. The summed E-state index contributed by atoms with van der Waals surface area (Å²) in [6.07, 6.45) is 3.96. The number of carbonyl (C=O) groups excluding carboxylic acids is 1. The largest absolute Gasteiger partial charge is 0.288 e. The molecule has 68 valence electrons. The summed E-state index contributed by atoms with van der Waals surface area (Å²) in [6, 6.07) is 0. The first-order chi connectivity index (χ1) is 5.74. The number of amides is 1. The molecule has 0 aromatic carbocycles. The molecule has 1 N–H and O–H groups in total. The van der Waals surface area contributed by atoms with Crippen molar-refractivity contribution in [2.24, 2.45) is 0 Å². The molecule has 0 aromatic rings. The van der Waals surface area contributed by atoms with Crippen LogP contribution in [0.3, 0.4) is 0 Å². The van der Waals surface area contributed by atoms with Crippen molar-refractivity contribution in [2.75, 3.05) is 13.1 Å². The van der Waals surface area contributed by atoms with Crippen LogP contribution in [0, 0.1) is 0 Å². The van der Waals surface area contributed by atoms with Crippen LogP contribution in [0.5, 0.6) is 0 Å². The van der Waals surface area contributed by atoms with E-state index in [-0.39, 0.29) is 5.91 Å². The summed E-state index contributed by atoms with van der Waals surface area (Å²) in [7, 11) is 0. The maximum Gasteiger partial charge on any atom is 0.234 e. The molecule has 12 heavy (non-hydrogen) atoms. The van der Waals surface area contributed by atoms with Crippen LogP contribution in [0.25, 0.3) is 0 Å². The minimum absolute atomic E-state index is 0.0127. The Morgan fingerprint density at radius 1 is 1.42 bits per heavy atom. The smallest absolute Gasteiger partial charge is 0.234 e. The van der Waals surface area contributed by atoms with Crippen LogP contribution >= 0.6 is 0 Å². The minimum Gasteiger partial charge on any atom is -0.288 e. The molecule has 0 aliphatic heterocycles. The summed E-state index contributed by atoms with van der Waals surface area (Å²) < 4.78 is 0. The molecule has 3 heteroatoms. The van der Waals surface area contributed by atoms with Gasteiger partial charge in [-0.2, -0.15) is 0 Å². The van der Waals surface area contributed by atoms with Crippen molar-refractivity contribution < 1.29 is 4.79 Å². The third-order valence-corrected chi connectivity index (χ3v) is 1.30. The third kappa shape index (κ3) is 4.68. The topological polar surface area (TPSA) is 32.3 Å². The zero-order valence-corrected chi connectivity index (χ0v) is 7.55. The van der Waals surface area contributed by atoms with Gasteiger partial charge < -0.3 is 0 Å². The Labute approximate surface area is 73.7 Å². The van der Waals surface area contributed by atoms with Gasteiger partial charge in [0.2, 0.25) is 5.91 Å². The van der Waals surface area contributed by atoms with Gasteiger partial charge in [-0.05, 0) is 0 Å². The third-order valence-electron chi connectivity index (χ3n) is 1.30. The SMILES string of the molecule is C=CCN(CC=C)NC(=O)CC. The molecule has 0 aromatic heterocycles. The van der Waals surface area contributed by atoms with Crippen molar-refractivity contribution in [2.45, 2.75) is 13.3 Å². The Balaban J connectivity index is 3.83. The molecule has 0 saturated carbocycles. The molecule has 0 rings (SSSR count). The van der Waals surface area contributed by atoms with Gasteiger partial charge in [0.15, 0.2) is 0 Å². The van der Waals surface area contributed by atoms with Crippen LogP contribution in [0.2, 0.25) is 0 Å².